The van der Waals surface area contributed by atoms with Crippen LogP contribution in [0.25, 0.3) is 0 Å². The molecule has 2 N–H and O–H groups in total. The maximum atomic E-state index is 12.0. The number of nitrogens with one attached hydrogen (secondary N) is 2. The smallest absolute Gasteiger partial charge is 0.339 e. The Morgan fingerprint density at radius 2 is 1.03 bits per heavy atom. The minimum Gasteiger partial charge on any atom is -0.465 e. The number of aliphatic imine (C=N–C) groups is 2. The number of ether oxygens (including phenoxy) is 2. The lowest BCUT2D eigenvalue weighted by Crippen LogP contribution is -2.03. The Kier molecular flexibility index (Phi) is 8.24. The molecule has 0 aliphatic carbocycles. The highest BCUT2D eigenvalue weighted by molar-refractivity contribution is 5.97. The number of aryl methyl sites for hydroxylation is 2. The molecule has 0 saturated heterocycles. The predicted octanol–water partition coefficient (Wildman–Crippen LogP) is 6.24. The van der Waals surface area contributed by atoms with E-state index in [2.05, 4.69) is 44.2 Å². The van der Waals surface area contributed by atoms with Gasteiger partial charge in [0, 0.05) is 11.4 Å². The van der Waals surface area contributed by atoms with Crippen molar-refractivity contribution < 1.29 is 19.1 Å². The van der Waals surface area contributed by atoms with Gasteiger partial charge in [0.1, 0.15) is 0 Å². The van der Waals surface area contributed by atoms with Crippen molar-refractivity contribution in [3.63, 3.8) is 0 Å². The van der Waals surface area contributed by atoms with Crippen molar-refractivity contribution in [1.29, 1.82) is 0 Å². The number of carbonyl (C=O) groups excluding carboxylic acids is 2. The van der Waals surface area contributed by atoms with E-state index in [4.69, 9.17) is 9.47 Å². The lowest BCUT2D eigenvalue weighted by molar-refractivity contribution is 0.0590. The van der Waals surface area contributed by atoms with Crippen LogP contribution in [0.5, 0.6) is 0 Å². The predicted molar refractivity (Wildman–Crippen MR) is 153 cm³/mol. The lowest BCUT2D eigenvalue weighted by Gasteiger charge is -2.03. The molecule has 2 aromatic heterocycles. The van der Waals surface area contributed by atoms with Gasteiger partial charge < -0.3 is 19.4 Å². The van der Waals surface area contributed by atoms with Crippen LogP contribution in [0.15, 0.2) is 58.5 Å². The third-order valence-corrected chi connectivity index (χ3v) is 6.70. The first-order chi connectivity index (χ1) is 18.7. The van der Waals surface area contributed by atoms with Crippen LogP contribution < -0.4 is 0 Å². The summed E-state index contributed by atoms with van der Waals surface area (Å²) in [6.45, 7) is 7.44. The van der Waals surface area contributed by atoms with Gasteiger partial charge in [-0.2, -0.15) is 0 Å². The number of hydrogen-bond acceptors (Lipinski definition) is 6. The largest absolute Gasteiger partial charge is 0.465 e. The number of methoxy groups -OCH3 is 2. The van der Waals surface area contributed by atoms with Crippen LogP contribution >= 0.6 is 0 Å². The van der Waals surface area contributed by atoms with E-state index in [-0.39, 0.29) is 11.9 Å². The Bertz CT molecular complexity index is 1440. The van der Waals surface area contributed by atoms with Gasteiger partial charge >= 0.3 is 11.9 Å². The summed E-state index contributed by atoms with van der Waals surface area (Å²) >= 11 is 0. The fourth-order valence-electron chi connectivity index (χ4n) is 4.54. The third-order valence-electron chi connectivity index (χ3n) is 6.70. The summed E-state index contributed by atoms with van der Waals surface area (Å²) < 4.78 is 9.73. The van der Waals surface area contributed by atoms with E-state index in [9.17, 15) is 9.59 Å². The van der Waals surface area contributed by atoms with Gasteiger partial charge in [-0.15, -0.1) is 0 Å². The molecule has 2 aromatic carbocycles. The normalized spacial score (nSPS) is 11.4. The topological polar surface area (TPSA) is 109 Å². The average Bonchev–Trinajstić information content (AvgIpc) is 3.39. The summed E-state index contributed by atoms with van der Waals surface area (Å²) in [5, 5.41) is 0. The zero-order chi connectivity index (χ0) is 28.1. The molecule has 4 rings (SSSR count). The fraction of sp³-hybridized carbons (Fsp3) is 0.226. The van der Waals surface area contributed by atoms with E-state index < -0.39 is 0 Å². The molecular formula is C31H32N4O4. The Hall–Kier alpha value is -4.72. The summed E-state index contributed by atoms with van der Waals surface area (Å²) in [5.41, 5.74) is 9.78. The molecule has 8 nitrogen and oxygen atoms in total. The molecule has 0 aliphatic rings. The zero-order valence-electron chi connectivity index (χ0n) is 23.0. The molecule has 0 atom stereocenters. The molecule has 2 heterocycles. The van der Waals surface area contributed by atoms with Crippen LogP contribution in [-0.4, -0.2) is 48.6 Å². The van der Waals surface area contributed by atoms with Crippen molar-refractivity contribution >= 4 is 35.7 Å². The maximum Gasteiger partial charge on any atom is 0.339 e. The number of rotatable bonds is 8. The van der Waals surface area contributed by atoms with Crippen LogP contribution in [0.3, 0.4) is 0 Å². The van der Waals surface area contributed by atoms with Gasteiger partial charge in [-0.3, -0.25) is 9.98 Å². The van der Waals surface area contributed by atoms with Gasteiger partial charge in [-0.1, -0.05) is 24.3 Å². The Morgan fingerprint density at radius 3 is 1.36 bits per heavy atom. The van der Waals surface area contributed by atoms with Crippen molar-refractivity contribution in [3.05, 3.63) is 105 Å². The van der Waals surface area contributed by atoms with Crippen LogP contribution in [0.2, 0.25) is 0 Å². The van der Waals surface area contributed by atoms with E-state index in [0.717, 1.165) is 62.8 Å². The van der Waals surface area contributed by atoms with E-state index in [1.165, 1.54) is 14.2 Å². The van der Waals surface area contributed by atoms with E-state index >= 15 is 0 Å². The molecule has 0 unspecified atom stereocenters. The molecule has 39 heavy (non-hydrogen) atoms. The highest BCUT2D eigenvalue weighted by atomic mass is 16.5. The van der Waals surface area contributed by atoms with Crippen LogP contribution in [-0.2, 0) is 15.9 Å². The standard InChI is InChI=1S/C31H32N4O4/c1-18-26(34-20(3)28(18)30(36)38-5)16-32-24-11-7-22(8-12-24)15-23-9-13-25(14-10-23)33-17-27-19(2)29(21(4)35-27)31(37)39-6/h7-14,16-17,34-35H,15H2,1-6H3. The van der Waals surface area contributed by atoms with Gasteiger partial charge in [-0.25, -0.2) is 9.59 Å². The number of aromatic amines is 2. The zero-order valence-corrected chi connectivity index (χ0v) is 23.0. The summed E-state index contributed by atoms with van der Waals surface area (Å²) in [6.07, 6.45) is 4.24. The number of benzene rings is 2. The number of aromatic nitrogens is 2. The first kappa shape index (κ1) is 27.3. The fourth-order valence-corrected chi connectivity index (χ4v) is 4.54. The van der Waals surface area contributed by atoms with Crippen molar-refractivity contribution in [2.24, 2.45) is 9.98 Å². The summed E-state index contributed by atoms with van der Waals surface area (Å²) in [5.74, 6) is -0.713. The van der Waals surface area contributed by atoms with E-state index in [1.54, 1.807) is 12.4 Å². The number of esters is 2. The molecule has 0 spiro atoms. The molecule has 0 amide bonds. The molecule has 0 fully saturated rings. The second-order valence-electron chi connectivity index (χ2n) is 9.34. The molecule has 8 heteroatoms. The number of carbonyl (C=O) groups is 2. The van der Waals surface area contributed by atoms with Crippen molar-refractivity contribution in [2.45, 2.75) is 34.1 Å². The number of H-pyrrole nitrogens is 2. The van der Waals surface area contributed by atoms with Crippen molar-refractivity contribution in [1.82, 2.24) is 9.97 Å². The average molecular weight is 525 g/mol. The summed E-state index contributed by atoms with van der Waals surface area (Å²) in [4.78, 5) is 39.5. The maximum absolute atomic E-state index is 12.0. The Balaban J connectivity index is 1.39. The van der Waals surface area contributed by atoms with Gasteiger partial charge in [0.05, 0.1) is 60.5 Å². The first-order valence-electron chi connectivity index (χ1n) is 12.5. The second kappa shape index (κ2) is 11.8. The molecule has 0 radical (unpaired) electrons. The Morgan fingerprint density at radius 1 is 0.667 bits per heavy atom. The molecule has 4 aromatic rings. The van der Waals surface area contributed by atoms with Crippen molar-refractivity contribution in [3.8, 4) is 0 Å². The van der Waals surface area contributed by atoms with Crippen LogP contribution in [0, 0.1) is 27.7 Å². The second-order valence-corrected chi connectivity index (χ2v) is 9.34. The summed E-state index contributed by atoms with van der Waals surface area (Å²) in [7, 11) is 2.75. The minimum absolute atomic E-state index is 0.356. The van der Waals surface area contributed by atoms with Crippen LogP contribution in [0.4, 0.5) is 11.4 Å². The van der Waals surface area contributed by atoms with Gasteiger partial charge in [0.25, 0.3) is 0 Å². The quantitative estimate of drug-likeness (QED) is 0.210. The van der Waals surface area contributed by atoms with Crippen molar-refractivity contribution in [2.75, 3.05) is 14.2 Å². The molecule has 200 valence electrons. The third kappa shape index (κ3) is 6.06. The number of hydrogen-bond donors (Lipinski definition) is 2. The molecule has 0 aliphatic heterocycles. The summed E-state index contributed by atoms with van der Waals surface area (Å²) in [6, 6.07) is 16.1. The molecular weight excluding hydrogens is 492 g/mol. The Labute approximate surface area is 227 Å². The van der Waals surface area contributed by atoms with Gasteiger partial charge in [0.2, 0.25) is 0 Å². The van der Waals surface area contributed by atoms with Gasteiger partial charge in [0.15, 0.2) is 0 Å². The monoisotopic (exact) mass is 524 g/mol. The first-order valence-corrected chi connectivity index (χ1v) is 12.5. The lowest BCUT2D eigenvalue weighted by atomic mass is 10.0. The SMILES string of the molecule is COC(=O)c1c(C)[nH]c(C=Nc2ccc(Cc3ccc(N=Cc4[nH]c(C)c(C(=O)OC)c4C)cc3)cc2)c1C. The van der Waals surface area contributed by atoms with E-state index in [1.807, 2.05) is 52.0 Å². The number of nitrogens with zero attached hydrogens (tertiary/aromatic N) is 2. The molecule has 0 saturated carbocycles. The highest BCUT2D eigenvalue weighted by Crippen LogP contribution is 2.22. The van der Waals surface area contributed by atoms with Crippen LogP contribution in [0.1, 0.15) is 65.7 Å². The minimum atomic E-state index is -0.356. The van der Waals surface area contributed by atoms with E-state index in [0.29, 0.717) is 11.1 Å². The molecule has 0 bridgehead atoms. The highest BCUT2D eigenvalue weighted by Gasteiger charge is 2.18. The van der Waals surface area contributed by atoms with Gasteiger partial charge in [-0.05, 0) is 80.6 Å².